The molecule has 1 aromatic rings. The number of benzene rings is 1. The predicted octanol–water partition coefficient (Wildman–Crippen LogP) is 2.02. The van der Waals surface area contributed by atoms with Crippen LogP contribution in [-0.4, -0.2) is 36.3 Å². The van der Waals surface area contributed by atoms with Crippen molar-refractivity contribution in [3.05, 3.63) is 28.2 Å². The molecular weight excluding hydrogens is 322 g/mol. The lowest BCUT2D eigenvalue weighted by molar-refractivity contribution is -0.130. The van der Waals surface area contributed by atoms with E-state index in [2.05, 4.69) is 21.2 Å². The fourth-order valence-electron chi connectivity index (χ4n) is 1.86. The van der Waals surface area contributed by atoms with Crippen LogP contribution in [0, 0.1) is 0 Å². The maximum Gasteiger partial charge on any atom is 0.251 e. The van der Waals surface area contributed by atoms with Crippen molar-refractivity contribution >= 4 is 33.4 Å². The Bertz CT molecular complexity index is 467. The number of nitrogen functional groups attached to an aromatic ring is 1. The van der Waals surface area contributed by atoms with Gasteiger partial charge < -0.3 is 16.0 Å². The summed E-state index contributed by atoms with van der Waals surface area (Å²) < 4.78 is 0.752. The number of anilines is 1. The average Bonchev–Trinajstić information content (AvgIpc) is 2.38. The molecule has 0 fully saturated rings. The molecule has 6 heteroatoms. The molecule has 0 aliphatic heterocycles. The van der Waals surface area contributed by atoms with E-state index in [1.165, 1.54) is 0 Å². The molecule has 0 aliphatic carbocycles. The Morgan fingerprint density at radius 3 is 2.45 bits per heavy atom. The molecule has 110 valence electrons. The molecule has 0 atom stereocenters. The van der Waals surface area contributed by atoms with Crippen LogP contribution in [0.3, 0.4) is 0 Å². The smallest absolute Gasteiger partial charge is 0.251 e. The minimum atomic E-state index is -0.231. The lowest BCUT2D eigenvalue weighted by Gasteiger charge is -2.18. The summed E-state index contributed by atoms with van der Waals surface area (Å²) in [5.41, 5.74) is 6.68. The number of nitrogens with one attached hydrogen (secondary N) is 1. The Kier molecular flexibility index (Phi) is 6.51. The molecule has 0 radical (unpaired) electrons. The SMILES string of the molecule is CCN(CC)C(=O)CCNC(=O)c1cc(N)cc(Br)c1. The zero-order valence-electron chi connectivity index (χ0n) is 11.8. The summed E-state index contributed by atoms with van der Waals surface area (Å²) in [6, 6.07) is 5.02. The standard InChI is InChI=1S/C14H20BrN3O2/c1-3-18(4-2)13(19)5-6-17-14(20)10-7-11(15)9-12(16)8-10/h7-9H,3-6,16H2,1-2H3,(H,17,20). The Morgan fingerprint density at radius 2 is 1.90 bits per heavy atom. The third-order valence-electron chi connectivity index (χ3n) is 2.92. The largest absolute Gasteiger partial charge is 0.399 e. The number of nitrogens with two attached hydrogens (primary N) is 1. The highest BCUT2D eigenvalue weighted by molar-refractivity contribution is 9.10. The third kappa shape index (κ3) is 4.85. The van der Waals surface area contributed by atoms with Crippen LogP contribution < -0.4 is 11.1 Å². The van der Waals surface area contributed by atoms with Gasteiger partial charge in [-0.2, -0.15) is 0 Å². The molecule has 5 nitrogen and oxygen atoms in total. The molecule has 0 bridgehead atoms. The van der Waals surface area contributed by atoms with Crippen LogP contribution >= 0.6 is 15.9 Å². The number of halogens is 1. The van der Waals surface area contributed by atoms with E-state index in [-0.39, 0.29) is 11.8 Å². The highest BCUT2D eigenvalue weighted by Gasteiger charge is 2.11. The number of carbonyl (C=O) groups is 2. The molecule has 20 heavy (non-hydrogen) atoms. The van der Waals surface area contributed by atoms with Crippen molar-refractivity contribution in [2.24, 2.45) is 0 Å². The van der Waals surface area contributed by atoms with E-state index in [1.54, 1.807) is 23.1 Å². The average molecular weight is 342 g/mol. The number of carbonyl (C=O) groups excluding carboxylic acids is 2. The van der Waals surface area contributed by atoms with E-state index in [9.17, 15) is 9.59 Å². The minimum Gasteiger partial charge on any atom is -0.399 e. The van der Waals surface area contributed by atoms with Crippen LogP contribution in [0.25, 0.3) is 0 Å². The summed E-state index contributed by atoms with van der Waals surface area (Å²) in [4.78, 5) is 25.4. The molecule has 0 saturated carbocycles. The number of hydrogen-bond acceptors (Lipinski definition) is 3. The Balaban J connectivity index is 2.49. The summed E-state index contributed by atoms with van der Waals surface area (Å²) in [6.07, 6.45) is 0.302. The first kappa shape index (κ1) is 16.5. The van der Waals surface area contributed by atoms with Gasteiger partial charge in [0.15, 0.2) is 0 Å². The monoisotopic (exact) mass is 341 g/mol. The Hall–Kier alpha value is -1.56. The lowest BCUT2D eigenvalue weighted by Crippen LogP contribution is -2.34. The van der Waals surface area contributed by atoms with Crippen LogP contribution in [-0.2, 0) is 4.79 Å². The molecular formula is C14H20BrN3O2. The summed E-state index contributed by atoms with van der Waals surface area (Å²) >= 11 is 3.29. The van der Waals surface area contributed by atoms with Crippen LogP contribution in [0.2, 0.25) is 0 Å². The minimum absolute atomic E-state index is 0.0454. The summed E-state index contributed by atoms with van der Waals surface area (Å²) in [6.45, 7) is 5.56. The van der Waals surface area contributed by atoms with Gasteiger partial charge in [0.25, 0.3) is 5.91 Å². The number of rotatable bonds is 6. The zero-order valence-corrected chi connectivity index (χ0v) is 13.4. The Morgan fingerprint density at radius 1 is 1.25 bits per heavy atom. The predicted molar refractivity (Wildman–Crippen MR) is 83.4 cm³/mol. The van der Waals surface area contributed by atoms with Crippen LogP contribution in [0.5, 0.6) is 0 Å². The normalized spacial score (nSPS) is 10.2. The Labute approximate surface area is 127 Å². The van der Waals surface area contributed by atoms with Gasteiger partial charge in [0.1, 0.15) is 0 Å². The lowest BCUT2D eigenvalue weighted by atomic mass is 10.2. The van der Waals surface area contributed by atoms with Crippen LogP contribution in [0.1, 0.15) is 30.6 Å². The van der Waals surface area contributed by atoms with E-state index in [1.807, 2.05) is 13.8 Å². The molecule has 3 N–H and O–H groups in total. The maximum absolute atomic E-state index is 11.9. The molecule has 1 aromatic carbocycles. The molecule has 0 spiro atoms. The molecule has 0 aromatic heterocycles. The maximum atomic E-state index is 11.9. The van der Waals surface area contributed by atoms with Gasteiger partial charge in [-0.25, -0.2) is 0 Å². The zero-order chi connectivity index (χ0) is 15.1. The summed E-state index contributed by atoms with van der Waals surface area (Å²) in [5.74, 6) is -0.186. The van der Waals surface area contributed by atoms with Crippen LogP contribution in [0.4, 0.5) is 5.69 Å². The van der Waals surface area contributed by atoms with Crippen molar-refractivity contribution in [2.75, 3.05) is 25.4 Å². The summed E-state index contributed by atoms with van der Waals surface area (Å²) in [7, 11) is 0. The van der Waals surface area contributed by atoms with Crippen molar-refractivity contribution in [1.82, 2.24) is 10.2 Å². The topological polar surface area (TPSA) is 75.4 Å². The second-order valence-electron chi connectivity index (χ2n) is 4.35. The van der Waals surface area contributed by atoms with Crippen molar-refractivity contribution < 1.29 is 9.59 Å². The van der Waals surface area contributed by atoms with Gasteiger partial charge in [0.2, 0.25) is 5.91 Å². The van der Waals surface area contributed by atoms with Gasteiger partial charge in [-0.3, -0.25) is 9.59 Å². The van der Waals surface area contributed by atoms with Gasteiger partial charge >= 0.3 is 0 Å². The third-order valence-corrected chi connectivity index (χ3v) is 3.38. The van der Waals surface area contributed by atoms with E-state index in [0.717, 1.165) is 4.47 Å². The van der Waals surface area contributed by atoms with Gasteiger partial charge in [-0.15, -0.1) is 0 Å². The first-order chi connectivity index (χ1) is 9.47. The van der Waals surface area contributed by atoms with E-state index < -0.39 is 0 Å². The van der Waals surface area contributed by atoms with Crippen molar-refractivity contribution in [1.29, 1.82) is 0 Å². The second-order valence-corrected chi connectivity index (χ2v) is 5.26. The molecule has 2 amide bonds. The molecule has 0 saturated heterocycles. The molecule has 1 rings (SSSR count). The first-order valence-corrected chi connectivity index (χ1v) is 7.39. The highest BCUT2D eigenvalue weighted by atomic mass is 79.9. The fourth-order valence-corrected chi connectivity index (χ4v) is 2.37. The second kappa shape index (κ2) is 7.89. The van der Waals surface area contributed by atoms with Gasteiger partial charge in [0, 0.05) is 41.8 Å². The molecule has 0 heterocycles. The van der Waals surface area contributed by atoms with Crippen molar-refractivity contribution in [3.8, 4) is 0 Å². The van der Waals surface area contributed by atoms with E-state index in [4.69, 9.17) is 5.73 Å². The summed E-state index contributed by atoms with van der Waals surface area (Å²) in [5, 5.41) is 2.72. The van der Waals surface area contributed by atoms with Crippen molar-refractivity contribution in [3.63, 3.8) is 0 Å². The number of nitrogens with zero attached hydrogens (tertiary/aromatic N) is 1. The first-order valence-electron chi connectivity index (χ1n) is 6.60. The van der Waals surface area contributed by atoms with E-state index >= 15 is 0 Å². The molecule has 0 unspecified atom stereocenters. The van der Waals surface area contributed by atoms with Gasteiger partial charge in [-0.05, 0) is 32.0 Å². The van der Waals surface area contributed by atoms with Crippen molar-refractivity contribution in [2.45, 2.75) is 20.3 Å². The van der Waals surface area contributed by atoms with Crippen LogP contribution in [0.15, 0.2) is 22.7 Å². The highest BCUT2D eigenvalue weighted by Crippen LogP contribution is 2.17. The van der Waals surface area contributed by atoms with Gasteiger partial charge in [-0.1, -0.05) is 15.9 Å². The molecule has 0 aliphatic rings. The number of amides is 2. The number of hydrogen-bond donors (Lipinski definition) is 2. The fraction of sp³-hybridized carbons (Fsp3) is 0.429. The van der Waals surface area contributed by atoms with E-state index in [0.29, 0.717) is 37.3 Å². The van der Waals surface area contributed by atoms with Gasteiger partial charge in [0.05, 0.1) is 0 Å². The quantitative estimate of drug-likeness (QED) is 0.777.